The molecule has 0 radical (unpaired) electrons. The highest BCUT2D eigenvalue weighted by atomic mass is 15.1. The van der Waals surface area contributed by atoms with Crippen molar-refractivity contribution in [1.82, 2.24) is 15.0 Å². The van der Waals surface area contributed by atoms with Crippen LogP contribution < -0.4 is 11.5 Å². The summed E-state index contributed by atoms with van der Waals surface area (Å²) in [7, 11) is 0. The SMILES string of the molecule is CC(C)CC1(c2nc(N)nc(N)n2)CCCC1. The minimum Gasteiger partial charge on any atom is -0.368 e. The Morgan fingerprint density at radius 2 is 1.59 bits per heavy atom. The largest absolute Gasteiger partial charge is 0.368 e. The van der Waals surface area contributed by atoms with Crippen molar-refractivity contribution in [3.05, 3.63) is 5.82 Å². The molecule has 4 N–H and O–H groups in total. The molecule has 1 saturated carbocycles. The minimum atomic E-state index is 0.0688. The summed E-state index contributed by atoms with van der Waals surface area (Å²) >= 11 is 0. The number of rotatable bonds is 3. The summed E-state index contributed by atoms with van der Waals surface area (Å²) in [6.07, 6.45) is 5.83. The van der Waals surface area contributed by atoms with Gasteiger partial charge in [-0.15, -0.1) is 0 Å². The van der Waals surface area contributed by atoms with E-state index >= 15 is 0 Å². The van der Waals surface area contributed by atoms with E-state index in [1.807, 2.05) is 0 Å². The molecule has 1 aliphatic carbocycles. The van der Waals surface area contributed by atoms with Crippen LogP contribution in [0, 0.1) is 5.92 Å². The standard InChI is InChI=1S/C12H21N5/c1-8(2)7-12(5-3-4-6-12)9-15-10(13)17-11(14)16-9/h8H,3-7H2,1-2H3,(H4,13,14,15,16,17). The van der Waals surface area contributed by atoms with Gasteiger partial charge in [0.05, 0.1) is 0 Å². The zero-order chi connectivity index (χ0) is 12.5. The molecule has 1 aromatic rings. The van der Waals surface area contributed by atoms with Gasteiger partial charge in [-0.05, 0) is 25.2 Å². The molecule has 1 heterocycles. The van der Waals surface area contributed by atoms with Crippen molar-refractivity contribution in [3.63, 3.8) is 0 Å². The molecule has 94 valence electrons. The third-order valence-corrected chi connectivity index (χ3v) is 3.50. The van der Waals surface area contributed by atoms with Crippen LogP contribution in [0.15, 0.2) is 0 Å². The number of nitrogen functional groups attached to an aromatic ring is 2. The second-order valence-corrected chi connectivity index (χ2v) is 5.46. The van der Waals surface area contributed by atoms with E-state index in [0.717, 1.165) is 25.1 Å². The Balaban J connectivity index is 2.38. The molecule has 0 bridgehead atoms. The van der Waals surface area contributed by atoms with Gasteiger partial charge in [0.2, 0.25) is 11.9 Å². The van der Waals surface area contributed by atoms with Crippen LogP contribution in [0.4, 0.5) is 11.9 Å². The molecule has 5 heteroatoms. The Hall–Kier alpha value is -1.39. The van der Waals surface area contributed by atoms with Crippen LogP contribution in [0.5, 0.6) is 0 Å². The maximum Gasteiger partial charge on any atom is 0.225 e. The van der Waals surface area contributed by atoms with E-state index < -0.39 is 0 Å². The summed E-state index contributed by atoms with van der Waals surface area (Å²) in [5.74, 6) is 1.89. The molecule has 0 amide bonds. The zero-order valence-electron chi connectivity index (χ0n) is 10.6. The lowest BCUT2D eigenvalue weighted by Crippen LogP contribution is -2.28. The number of nitrogens with two attached hydrogens (primary N) is 2. The molecule has 1 aliphatic rings. The van der Waals surface area contributed by atoms with Gasteiger partial charge in [-0.2, -0.15) is 15.0 Å². The Bertz CT molecular complexity index is 376. The summed E-state index contributed by atoms with van der Waals surface area (Å²) in [6.45, 7) is 4.46. The van der Waals surface area contributed by atoms with Crippen LogP contribution in [0.1, 0.15) is 51.8 Å². The quantitative estimate of drug-likeness (QED) is 0.834. The van der Waals surface area contributed by atoms with Gasteiger partial charge in [-0.3, -0.25) is 0 Å². The Morgan fingerprint density at radius 1 is 1.06 bits per heavy atom. The van der Waals surface area contributed by atoms with Gasteiger partial charge in [-0.25, -0.2) is 0 Å². The Labute approximate surface area is 102 Å². The van der Waals surface area contributed by atoms with E-state index in [1.54, 1.807) is 0 Å². The van der Waals surface area contributed by atoms with E-state index in [-0.39, 0.29) is 17.3 Å². The summed E-state index contributed by atoms with van der Waals surface area (Å²) < 4.78 is 0. The van der Waals surface area contributed by atoms with Gasteiger partial charge in [0.25, 0.3) is 0 Å². The van der Waals surface area contributed by atoms with Crippen molar-refractivity contribution in [2.45, 2.75) is 51.4 Å². The number of nitrogens with zero attached hydrogens (tertiary/aromatic N) is 3. The number of hydrogen-bond donors (Lipinski definition) is 2. The molecule has 0 aromatic carbocycles. The zero-order valence-corrected chi connectivity index (χ0v) is 10.6. The number of hydrogen-bond acceptors (Lipinski definition) is 5. The van der Waals surface area contributed by atoms with Crippen molar-refractivity contribution in [2.75, 3.05) is 11.5 Å². The molecule has 1 aromatic heterocycles. The summed E-state index contributed by atoms with van der Waals surface area (Å²) in [6, 6.07) is 0. The van der Waals surface area contributed by atoms with Gasteiger partial charge in [0.1, 0.15) is 5.82 Å². The van der Waals surface area contributed by atoms with E-state index in [1.165, 1.54) is 12.8 Å². The average Bonchev–Trinajstić information content (AvgIpc) is 2.65. The summed E-state index contributed by atoms with van der Waals surface area (Å²) in [4.78, 5) is 12.5. The molecule has 2 rings (SSSR count). The molecular formula is C12H21N5. The monoisotopic (exact) mass is 235 g/mol. The molecule has 0 spiro atoms. The van der Waals surface area contributed by atoms with E-state index in [9.17, 15) is 0 Å². The maximum atomic E-state index is 5.67. The van der Waals surface area contributed by atoms with Gasteiger partial charge in [-0.1, -0.05) is 26.7 Å². The maximum absolute atomic E-state index is 5.67. The first-order valence-electron chi connectivity index (χ1n) is 6.29. The molecule has 0 aliphatic heterocycles. The molecule has 5 nitrogen and oxygen atoms in total. The number of anilines is 2. The normalized spacial score (nSPS) is 18.8. The predicted molar refractivity (Wildman–Crippen MR) is 68.3 cm³/mol. The van der Waals surface area contributed by atoms with Gasteiger partial charge < -0.3 is 11.5 Å². The smallest absolute Gasteiger partial charge is 0.225 e. The number of aromatic nitrogens is 3. The molecule has 17 heavy (non-hydrogen) atoms. The van der Waals surface area contributed by atoms with Crippen LogP contribution in [-0.2, 0) is 5.41 Å². The summed E-state index contributed by atoms with van der Waals surface area (Å²) in [5, 5.41) is 0. The molecule has 0 atom stereocenters. The van der Waals surface area contributed by atoms with E-state index in [2.05, 4.69) is 28.8 Å². The second kappa shape index (κ2) is 4.47. The highest BCUT2D eigenvalue weighted by Crippen LogP contribution is 2.44. The topological polar surface area (TPSA) is 90.7 Å². The van der Waals surface area contributed by atoms with Crippen LogP contribution in [0.3, 0.4) is 0 Å². The average molecular weight is 235 g/mol. The van der Waals surface area contributed by atoms with Crippen molar-refractivity contribution >= 4 is 11.9 Å². The molecule has 0 saturated heterocycles. The van der Waals surface area contributed by atoms with Crippen LogP contribution in [0.25, 0.3) is 0 Å². The lowest BCUT2D eigenvalue weighted by atomic mass is 9.78. The lowest BCUT2D eigenvalue weighted by molar-refractivity contribution is 0.329. The third-order valence-electron chi connectivity index (χ3n) is 3.50. The highest BCUT2D eigenvalue weighted by Gasteiger charge is 2.39. The van der Waals surface area contributed by atoms with Gasteiger partial charge in [0, 0.05) is 5.41 Å². The van der Waals surface area contributed by atoms with Crippen LogP contribution in [0.2, 0.25) is 0 Å². The predicted octanol–water partition coefficient (Wildman–Crippen LogP) is 1.89. The minimum absolute atomic E-state index is 0.0688. The molecule has 1 fully saturated rings. The second-order valence-electron chi connectivity index (χ2n) is 5.46. The Morgan fingerprint density at radius 3 is 2.06 bits per heavy atom. The Kier molecular flexibility index (Phi) is 3.17. The lowest BCUT2D eigenvalue weighted by Gasteiger charge is -2.29. The first-order valence-corrected chi connectivity index (χ1v) is 6.29. The fourth-order valence-electron chi connectivity index (χ4n) is 3.00. The molecular weight excluding hydrogens is 214 g/mol. The first-order chi connectivity index (χ1) is 8.02. The summed E-state index contributed by atoms with van der Waals surface area (Å²) in [5.41, 5.74) is 11.4. The molecule has 0 unspecified atom stereocenters. The van der Waals surface area contributed by atoms with Crippen LogP contribution >= 0.6 is 0 Å². The van der Waals surface area contributed by atoms with E-state index in [0.29, 0.717) is 5.92 Å². The van der Waals surface area contributed by atoms with Crippen molar-refractivity contribution in [2.24, 2.45) is 5.92 Å². The van der Waals surface area contributed by atoms with Crippen molar-refractivity contribution in [1.29, 1.82) is 0 Å². The van der Waals surface area contributed by atoms with Crippen molar-refractivity contribution < 1.29 is 0 Å². The first kappa shape index (κ1) is 12.1. The van der Waals surface area contributed by atoms with Gasteiger partial charge in [0.15, 0.2) is 0 Å². The highest BCUT2D eigenvalue weighted by molar-refractivity contribution is 5.29. The third kappa shape index (κ3) is 2.48. The van der Waals surface area contributed by atoms with Crippen molar-refractivity contribution in [3.8, 4) is 0 Å². The van der Waals surface area contributed by atoms with E-state index in [4.69, 9.17) is 11.5 Å². The van der Waals surface area contributed by atoms with Crippen LogP contribution in [-0.4, -0.2) is 15.0 Å². The fourth-order valence-corrected chi connectivity index (χ4v) is 3.00. The van der Waals surface area contributed by atoms with Gasteiger partial charge >= 0.3 is 0 Å². The fraction of sp³-hybridized carbons (Fsp3) is 0.750.